The van der Waals surface area contributed by atoms with Crippen LogP contribution in [0.5, 0.6) is 0 Å². The van der Waals surface area contributed by atoms with E-state index in [4.69, 9.17) is 9.84 Å². The van der Waals surface area contributed by atoms with Crippen molar-refractivity contribution >= 4 is 5.97 Å². The van der Waals surface area contributed by atoms with Crippen LogP contribution in [-0.4, -0.2) is 42.8 Å². The van der Waals surface area contributed by atoms with Crippen LogP contribution in [0, 0.1) is 0 Å². The second-order valence-corrected chi connectivity index (χ2v) is 2.68. The minimum Gasteiger partial charge on any atom is -0.463 e. The van der Waals surface area contributed by atoms with E-state index in [1.165, 1.54) is 6.08 Å². The first kappa shape index (κ1) is 12.0. The highest BCUT2D eigenvalue weighted by atomic mass is 16.5. The van der Waals surface area contributed by atoms with Crippen molar-refractivity contribution in [1.82, 2.24) is 4.90 Å². The summed E-state index contributed by atoms with van der Waals surface area (Å²) in [6, 6.07) is 0. The fraction of sp³-hybridized carbons (Fsp3) is 0.667. The average Bonchev–Trinajstić information content (AvgIpc) is 2.05. The number of aliphatic hydroxyl groups is 1. The smallest absolute Gasteiger partial charge is 0.332 e. The third kappa shape index (κ3) is 5.25. The Morgan fingerprint density at radius 2 is 2.23 bits per heavy atom. The van der Waals surface area contributed by atoms with E-state index in [1.54, 1.807) is 25.8 Å². The molecule has 0 aliphatic carbocycles. The predicted molar refractivity (Wildman–Crippen MR) is 50.1 cm³/mol. The fourth-order valence-electron chi connectivity index (χ4n) is 0.791. The van der Waals surface area contributed by atoms with E-state index in [1.807, 2.05) is 0 Å². The lowest BCUT2D eigenvalue weighted by atomic mass is 10.4. The van der Waals surface area contributed by atoms with E-state index >= 15 is 0 Å². The molecular weight excluding hydrogens is 170 g/mol. The van der Waals surface area contributed by atoms with Crippen molar-refractivity contribution in [3.8, 4) is 0 Å². The zero-order valence-corrected chi connectivity index (χ0v) is 8.41. The normalized spacial score (nSPS) is 11.2. The Balaban J connectivity index is 4.05. The van der Waals surface area contributed by atoms with Crippen LogP contribution in [-0.2, 0) is 9.53 Å². The molecule has 4 nitrogen and oxygen atoms in total. The van der Waals surface area contributed by atoms with Crippen LogP contribution in [0.3, 0.4) is 0 Å². The largest absolute Gasteiger partial charge is 0.463 e. The SMILES string of the molecule is CCOC(=O)/C=C(\C)N(C)CCO. The summed E-state index contributed by atoms with van der Waals surface area (Å²) in [4.78, 5) is 12.8. The van der Waals surface area contributed by atoms with Crippen molar-refractivity contribution in [3.63, 3.8) is 0 Å². The van der Waals surface area contributed by atoms with Gasteiger partial charge in [0.15, 0.2) is 0 Å². The molecule has 0 aromatic heterocycles. The third-order valence-corrected chi connectivity index (χ3v) is 1.65. The number of rotatable bonds is 5. The molecule has 0 aliphatic rings. The van der Waals surface area contributed by atoms with Crippen molar-refractivity contribution in [2.24, 2.45) is 0 Å². The van der Waals surface area contributed by atoms with Crippen molar-refractivity contribution in [2.45, 2.75) is 13.8 Å². The number of esters is 1. The monoisotopic (exact) mass is 187 g/mol. The highest BCUT2D eigenvalue weighted by molar-refractivity contribution is 5.82. The van der Waals surface area contributed by atoms with Gasteiger partial charge in [0.2, 0.25) is 0 Å². The molecule has 76 valence electrons. The maximum atomic E-state index is 11.0. The molecule has 0 bridgehead atoms. The fourth-order valence-corrected chi connectivity index (χ4v) is 0.791. The number of nitrogens with zero attached hydrogens (tertiary/aromatic N) is 1. The predicted octanol–water partition coefficient (Wildman–Crippen LogP) is 0.377. The summed E-state index contributed by atoms with van der Waals surface area (Å²) in [5.74, 6) is -0.343. The number of carbonyl (C=O) groups excluding carboxylic acids is 1. The lowest BCUT2D eigenvalue weighted by Crippen LogP contribution is -2.21. The van der Waals surface area contributed by atoms with Crippen molar-refractivity contribution in [2.75, 3.05) is 26.8 Å². The Morgan fingerprint density at radius 3 is 2.69 bits per heavy atom. The number of ether oxygens (including phenoxy) is 1. The molecule has 0 atom stereocenters. The Labute approximate surface area is 78.8 Å². The number of carbonyl (C=O) groups is 1. The van der Waals surface area contributed by atoms with E-state index in [-0.39, 0.29) is 12.6 Å². The van der Waals surface area contributed by atoms with Gasteiger partial charge in [0.05, 0.1) is 13.2 Å². The maximum Gasteiger partial charge on any atom is 0.332 e. The Kier molecular flexibility index (Phi) is 5.97. The van der Waals surface area contributed by atoms with Gasteiger partial charge in [-0.3, -0.25) is 0 Å². The summed E-state index contributed by atoms with van der Waals surface area (Å²) < 4.78 is 4.74. The standard InChI is InChI=1S/C9H17NO3/c1-4-13-9(12)7-8(2)10(3)5-6-11/h7,11H,4-6H2,1-3H3/b8-7+. The summed E-state index contributed by atoms with van der Waals surface area (Å²) in [6.45, 7) is 4.53. The first-order valence-corrected chi connectivity index (χ1v) is 4.28. The van der Waals surface area contributed by atoms with E-state index < -0.39 is 0 Å². The zero-order chi connectivity index (χ0) is 10.3. The van der Waals surface area contributed by atoms with Crippen LogP contribution < -0.4 is 0 Å². The molecule has 1 N–H and O–H groups in total. The van der Waals surface area contributed by atoms with Crippen LogP contribution in [0.4, 0.5) is 0 Å². The molecule has 0 heterocycles. The number of allylic oxidation sites excluding steroid dienone is 1. The second-order valence-electron chi connectivity index (χ2n) is 2.68. The molecule has 0 aromatic rings. The molecule has 0 amide bonds. The van der Waals surface area contributed by atoms with Crippen LogP contribution in [0.1, 0.15) is 13.8 Å². The minimum absolute atomic E-state index is 0.0739. The van der Waals surface area contributed by atoms with Crippen LogP contribution in [0.25, 0.3) is 0 Å². The molecule has 4 heteroatoms. The van der Waals surface area contributed by atoms with Gasteiger partial charge in [0.1, 0.15) is 0 Å². The van der Waals surface area contributed by atoms with Gasteiger partial charge in [0.25, 0.3) is 0 Å². The number of hydrogen-bond acceptors (Lipinski definition) is 4. The zero-order valence-electron chi connectivity index (χ0n) is 8.41. The highest BCUT2D eigenvalue weighted by Crippen LogP contribution is 1.99. The number of likely N-dealkylation sites (N-methyl/N-ethyl adjacent to an activating group) is 1. The van der Waals surface area contributed by atoms with Gasteiger partial charge in [-0.05, 0) is 13.8 Å². The van der Waals surface area contributed by atoms with Crippen LogP contribution in [0.2, 0.25) is 0 Å². The molecule has 0 aliphatic heterocycles. The third-order valence-electron chi connectivity index (χ3n) is 1.65. The summed E-state index contributed by atoms with van der Waals surface area (Å²) in [7, 11) is 1.81. The van der Waals surface area contributed by atoms with Gasteiger partial charge in [-0.2, -0.15) is 0 Å². The van der Waals surface area contributed by atoms with E-state index in [0.717, 1.165) is 5.70 Å². The lowest BCUT2D eigenvalue weighted by molar-refractivity contribution is -0.137. The second kappa shape index (κ2) is 6.48. The summed E-state index contributed by atoms with van der Waals surface area (Å²) >= 11 is 0. The first-order chi connectivity index (χ1) is 6.11. The van der Waals surface area contributed by atoms with Gasteiger partial charge in [-0.1, -0.05) is 0 Å². The Bertz CT molecular complexity index is 189. The molecule has 13 heavy (non-hydrogen) atoms. The van der Waals surface area contributed by atoms with E-state index in [2.05, 4.69) is 0 Å². The molecule has 0 rings (SSSR count). The van der Waals surface area contributed by atoms with Gasteiger partial charge >= 0.3 is 5.97 Å². The van der Waals surface area contributed by atoms with Gasteiger partial charge in [-0.15, -0.1) is 0 Å². The van der Waals surface area contributed by atoms with Crippen molar-refractivity contribution in [3.05, 3.63) is 11.8 Å². The van der Waals surface area contributed by atoms with Gasteiger partial charge in [-0.25, -0.2) is 4.79 Å². The Morgan fingerprint density at radius 1 is 1.62 bits per heavy atom. The van der Waals surface area contributed by atoms with Crippen LogP contribution >= 0.6 is 0 Å². The molecule has 0 radical (unpaired) electrons. The average molecular weight is 187 g/mol. The van der Waals surface area contributed by atoms with Gasteiger partial charge in [0, 0.05) is 25.4 Å². The van der Waals surface area contributed by atoms with E-state index in [9.17, 15) is 4.79 Å². The number of hydrogen-bond donors (Lipinski definition) is 1. The minimum atomic E-state index is -0.343. The summed E-state index contributed by atoms with van der Waals surface area (Å²) in [5.41, 5.74) is 0.785. The van der Waals surface area contributed by atoms with Crippen molar-refractivity contribution in [1.29, 1.82) is 0 Å². The molecule has 0 unspecified atom stereocenters. The Hall–Kier alpha value is -1.03. The summed E-state index contributed by atoms with van der Waals surface area (Å²) in [6.07, 6.45) is 1.42. The summed E-state index contributed by atoms with van der Waals surface area (Å²) in [5, 5.41) is 8.64. The molecule has 0 aromatic carbocycles. The van der Waals surface area contributed by atoms with Gasteiger partial charge < -0.3 is 14.7 Å². The van der Waals surface area contributed by atoms with Crippen molar-refractivity contribution < 1.29 is 14.6 Å². The number of aliphatic hydroxyl groups excluding tert-OH is 1. The first-order valence-electron chi connectivity index (χ1n) is 4.28. The van der Waals surface area contributed by atoms with Crippen LogP contribution in [0.15, 0.2) is 11.8 Å². The molecule has 0 saturated heterocycles. The van der Waals surface area contributed by atoms with E-state index in [0.29, 0.717) is 13.2 Å². The topological polar surface area (TPSA) is 49.8 Å². The molecule has 0 fully saturated rings. The molecular formula is C9H17NO3. The highest BCUT2D eigenvalue weighted by Gasteiger charge is 2.01. The molecule has 0 saturated carbocycles. The molecule has 0 spiro atoms. The quantitative estimate of drug-likeness (QED) is 0.499. The lowest BCUT2D eigenvalue weighted by Gasteiger charge is -2.17. The maximum absolute atomic E-state index is 11.0.